The maximum absolute atomic E-state index is 11.2. The molecule has 4 nitrogen and oxygen atoms in total. The Kier molecular flexibility index (Phi) is 5.80. The van der Waals surface area contributed by atoms with Gasteiger partial charge in [0, 0.05) is 6.54 Å². The van der Waals surface area contributed by atoms with E-state index in [4.69, 9.17) is 5.14 Å². The molecule has 0 aliphatic carbocycles. The van der Waals surface area contributed by atoms with Crippen LogP contribution >= 0.6 is 0 Å². The van der Waals surface area contributed by atoms with Gasteiger partial charge in [-0.3, -0.25) is 0 Å². The molecule has 24 heavy (non-hydrogen) atoms. The van der Waals surface area contributed by atoms with E-state index in [1.165, 1.54) is 11.1 Å². The smallest absolute Gasteiger partial charge is 0.238 e. The largest absolute Gasteiger partial charge is 0.312 e. The second-order valence-electron chi connectivity index (χ2n) is 7.06. The number of nitrogens with one attached hydrogen (secondary N) is 1. The van der Waals surface area contributed by atoms with Gasteiger partial charge in [0.05, 0.1) is 4.90 Å². The fraction of sp³-hybridized carbons (Fsp3) is 0.368. The van der Waals surface area contributed by atoms with E-state index in [1.807, 2.05) is 0 Å². The summed E-state index contributed by atoms with van der Waals surface area (Å²) in [5.74, 6) is 0. The third-order valence-corrected chi connectivity index (χ3v) is 4.92. The van der Waals surface area contributed by atoms with Crippen LogP contribution in [0.5, 0.6) is 0 Å². The molecular formula is C19H26N2O2S. The first-order chi connectivity index (χ1) is 11.2. The molecule has 0 saturated heterocycles. The summed E-state index contributed by atoms with van der Waals surface area (Å²) in [6.07, 6.45) is 0.838. The summed E-state index contributed by atoms with van der Waals surface area (Å²) in [6.45, 7) is 8.28. The third-order valence-electron chi connectivity index (χ3n) is 3.99. The highest BCUT2D eigenvalue weighted by atomic mass is 32.2. The average molecular weight is 346 g/mol. The van der Waals surface area contributed by atoms with Crippen molar-refractivity contribution in [2.24, 2.45) is 5.14 Å². The van der Waals surface area contributed by atoms with Crippen LogP contribution in [0.2, 0.25) is 0 Å². The minimum absolute atomic E-state index is 0.151. The zero-order valence-corrected chi connectivity index (χ0v) is 15.4. The summed E-state index contributed by atoms with van der Waals surface area (Å²) < 4.78 is 22.4. The number of hydrogen-bond acceptors (Lipinski definition) is 3. The van der Waals surface area contributed by atoms with Gasteiger partial charge in [0.2, 0.25) is 10.0 Å². The lowest BCUT2D eigenvalue weighted by Gasteiger charge is -2.19. The molecule has 0 aliphatic rings. The quantitative estimate of drug-likeness (QED) is 0.790. The predicted octanol–water partition coefficient (Wildman–Crippen LogP) is 2.96. The lowest BCUT2D eigenvalue weighted by atomic mass is 9.87. The van der Waals surface area contributed by atoms with Crippen molar-refractivity contribution < 1.29 is 8.42 Å². The number of hydrogen-bond donors (Lipinski definition) is 2. The molecule has 2 aromatic rings. The molecule has 0 fully saturated rings. The molecule has 0 unspecified atom stereocenters. The molecule has 0 radical (unpaired) electrons. The van der Waals surface area contributed by atoms with Gasteiger partial charge in [-0.05, 0) is 47.2 Å². The Morgan fingerprint density at radius 2 is 1.46 bits per heavy atom. The van der Waals surface area contributed by atoms with Crippen LogP contribution in [0.15, 0.2) is 53.4 Å². The summed E-state index contributed by atoms with van der Waals surface area (Å²) in [4.78, 5) is 0.151. The fourth-order valence-electron chi connectivity index (χ4n) is 2.43. The van der Waals surface area contributed by atoms with Gasteiger partial charge in [0.25, 0.3) is 0 Å². The van der Waals surface area contributed by atoms with Crippen molar-refractivity contribution in [3.05, 3.63) is 65.2 Å². The molecule has 5 heteroatoms. The molecule has 0 aromatic heterocycles. The summed E-state index contributed by atoms with van der Waals surface area (Å²) in [5.41, 5.74) is 3.85. The predicted molar refractivity (Wildman–Crippen MR) is 98.4 cm³/mol. The van der Waals surface area contributed by atoms with Gasteiger partial charge in [0.15, 0.2) is 0 Å². The molecular weight excluding hydrogens is 320 g/mol. The van der Waals surface area contributed by atoms with Crippen molar-refractivity contribution in [3.8, 4) is 0 Å². The van der Waals surface area contributed by atoms with Crippen molar-refractivity contribution in [1.82, 2.24) is 5.32 Å². The summed E-state index contributed by atoms with van der Waals surface area (Å²) >= 11 is 0. The molecule has 3 N–H and O–H groups in total. The first-order valence-corrected chi connectivity index (χ1v) is 9.63. The summed E-state index contributed by atoms with van der Waals surface area (Å²) in [6, 6.07) is 15.4. The van der Waals surface area contributed by atoms with Gasteiger partial charge in [0.1, 0.15) is 0 Å². The van der Waals surface area contributed by atoms with E-state index in [0.717, 1.165) is 25.1 Å². The minimum Gasteiger partial charge on any atom is -0.312 e. The van der Waals surface area contributed by atoms with Gasteiger partial charge in [-0.2, -0.15) is 0 Å². The number of sulfonamides is 1. The third kappa shape index (κ3) is 5.44. The van der Waals surface area contributed by atoms with Crippen LogP contribution in [0.25, 0.3) is 0 Å². The van der Waals surface area contributed by atoms with Gasteiger partial charge in [-0.25, -0.2) is 13.6 Å². The standard InChI is InChI=1S/C19H26N2O2S/c1-19(2,3)17-8-4-16(5-9-17)14-21-13-12-15-6-10-18(11-7-15)24(20,22)23/h4-11,21H,12-14H2,1-3H3,(H2,20,22,23). The lowest BCUT2D eigenvalue weighted by molar-refractivity contribution is 0.589. The zero-order valence-electron chi connectivity index (χ0n) is 14.5. The molecule has 0 heterocycles. The Bertz CT molecular complexity index is 759. The van der Waals surface area contributed by atoms with Crippen LogP contribution in [0.4, 0.5) is 0 Å². The number of primary sulfonamides is 1. The van der Waals surface area contributed by atoms with Crippen LogP contribution in [-0.4, -0.2) is 15.0 Å². The Morgan fingerprint density at radius 3 is 1.96 bits per heavy atom. The Morgan fingerprint density at radius 1 is 0.917 bits per heavy atom. The Hall–Kier alpha value is -1.69. The lowest BCUT2D eigenvalue weighted by Crippen LogP contribution is -2.17. The molecule has 0 bridgehead atoms. The first-order valence-electron chi connectivity index (χ1n) is 8.08. The van der Waals surface area contributed by atoms with E-state index in [2.05, 4.69) is 50.4 Å². The number of rotatable bonds is 6. The molecule has 0 saturated carbocycles. The second-order valence-corrected chi connectivity index (χ2v) is 8.62. The van der Waals surface area contributed by atoms with Crippen molar-refractivity contribution >= 4 is 10.0 Å². The normalized spacial score (nSPS) is 12.3. The van der Waals surface area contributed by atoms with E-state index in [-0.39, 0.29) is 10.3 Å². The van der Waals surface area contributed by atoms with Gasteiger partial charge in [-0.1, -0.05) is 57.2 Å². The maximum Gasteiger partial charge on any atom is 0.238 e. The number of nitrogens with two attached hydrogens (primary N) is 1. The molecule has 130 valence electrons. The molecule has 0 atom stereocenters. The molecule has 0 aliphatic heterocycles. The van der Waals surface area contributed by atoms with Crippen LogP contribution in [0.1, 0.15) is 37.5 Å². The fourth-order valence-corrected chi connectivity index (χ4v) is 2.95. The summed E-state index contributed by atoms with van der Waals surface area (Å²) in [7, 11) is -3.61. The Balaban J connectivity index is 1.81. The van der Waals surface area contributed by atoms with E-state index >= 15 is 0 Å². The van der Waals surface area contributed by atoms with E-state index in [0.29, 0.717) is 0 Å². The molecule has 2 aromatic carbocycles. The van der Waals surface area contributed by atoms with Crippen LogP contribution in [-0.2, 0) is 28.4 Å². The highest BCUT2D eigenvalue weighted by molar-refractivity contribution is 7.89. The van der Waals surface area contributed by atoms with Crippen molar-refractivity contribution in [2.45, 2.75) is 44.0 Å². The van der Waals surface area contributed by atoms with E-state index in [9.17, 15) is 8.42 Å². The van der Waals surface area contributed by atoms with E-state index in [1.54, 1.807) is 24.3 Å². The van der Waals surface area contributed by atoms with E-state index < -0.39 is 10.0 Å². The first kappa shape index (κ1) is 18.6. The monoisotopic (exact) mass is 346 g/mol. The van der Waals surface area contributed by atoms with Gasteiger partial charge >= 0.3 is 0 Å². The SMILES string of the molecule is CC(C)(C)c1ccc(CNCCc2ccc(S(N)(=O)=O)cc2)cc1. The molecule has 0 spiro atoms. The van der Waals surface area contributed by atoms with Crippen LogP contribution < -0.4 is 10.5 Å². The molecule has 2 rings (SSSR count). The highest BCUT2D eigenvalue weighted by Gasteiger charge is 2.12. The maximum atomic E-state index is 11.2. The van der Waals surface area contributed by atoms with Crippen molar-refractivity contribution in [2.75, 3.05) is 6.54 Å². The van der Waals surface area contributed by atoms with Crippen molar-refractivity contribution in [1.29, 1.82) is 0 Å². The number of benzene rings is 2. The Labute approximate surface area is 145 Å². The molecule has 0 amide bonds. The summed E-state index contributed by atoms with van der Waals surface area (Å²) in [5, 5.41) is 8.50. The zero-order chi connectivity index (χ0) is 17.8. The topological polar surface area (TPSA) is 72.2 Å². The highest BCUT2D eigenvalue weighted by Crippen LogP contribution is 2.22. The van der Waals surface area contributed by atoms with Crippen molar-refractivity contribution in [3.63, 3.8) is 0 Å². The van der Waals surface area contributed by atoms with Gasteiger partial charge in [-0.15, -0.1) is 0 Å². The average Bonchev–Trinajstić information content (AvgIpc) is 2.51. The minimum atomic E-state index is -3.61. The van der Waals surface area contributed by atoms with Crippen LogP contribution in [0.3, 0.4) is 0 Å². The second kappa shape index (κ2) is 7.47. The van der Waals surface area contributed by atoms with Gasteiger partial charge < -0.3 is 5.32 Å². The van der Waals surface area contributed by atoms with Crippen LogP contribution in [0, 0.1) is 0 Å².